The fraction of sp³-hybridized carbons (Fsp3) is 0.333. The van der Waals surface area contributed by atoms with E-state index >= 15 is 0 Å². The summed E-state index contributed by atoms with van der Waals surface area (Å²) in [5, 5.41) is 0. The standard InChI is InChI=1S/C21H23N3O3/c1-15-3-5-16(6-4-15)19-22-21(27-23-19)11-13-24(14-12-21)20(25)17-7-9-18(26-2)10-8-17/h3-10H,11-14H2,1-2H3,(H,22,23). The highest BCUT2D eigenvalue weighted by Gasteiger charge is 2.41. The first-order valence-corrected chi connectivity index (χ1v) is 9.13. The lowest BCUT2D eigenvalue weighted by Crippen LogP contribution is -2.46. The molecule has 140 valence electrons. The van der Waals surface area contributed by atoms with E-state index < -0.39 is 5.72 Å². The topological polar surface area (TPSA) is 63.2 Å². The second-order valence-corrected chi connectivity index (χ2v) is 7.00. The molecule has 4 rings (SSSR count). The molecule has 2 heterocycles. The number of likely N-dealkylation sites (tertiary alicyclic amines) is 1. The maximum Gasteiger partial charge on any atom is 0.253 e. The van der Waals surface area contributed by atoms with Crippen molar-refractivity contribution in [2.75, 3.05) is 20.2 Å². The van der Waals surface area contributed by atoms with Crippen LogP contribution in [0.2, 0.25) is 0 Å². The van der Waals surface area contributed by atoms with Gasteiger partial charge in [0.1, 0.15) is 5.75 Å². The molecule has 0 aromatic heterocycles. The predicted molar refractivity (Wildman–Crippen MR) is 103 cm³/mol. The number of ether oxygens (including phenoxy) is 1. The van der Waals surface area contributed by atoms with E-state index in [2.05, 4.69) is 24.5 Å². The molecule has 1 fully saturated rings. The van der Waals surface area contributed by atoms with Crippen molar-refractivity contribution in [1.29, 1.82) is 0 Å². The van der Waals surface area contributed by atoms with Crippen molar-refractivity contribution in [3.63, 3.8) is 0 Å². The minimum absolute atomic E-state index is 0.0289. The second kappa shape index (κ2) is 7.04. The van der Waals surface area contributed by atoms with Gasteiger partial charge in [-0.1, -0.05) is 29.8 Å². The summed E-state index contributed by atoms with van der Waals surface area (Å²) in [5.41, 5.74) is 5.27. The van der Waals surface area contributed by atoms with Crippen LogP contribution in [-0.2, 0) is 4.84 Å². The fourth-order valence-electron chi connectivity index (χ4n) is 3.42. The first-order valence-electron chi connectivity index (χ1n) is 9.13. The average Bonchev–Trinajstić information content (AvgIpc) is 3.12. The largest absolute Gasteiger partial charge is 0.497 e. The van der Waals surface area contributed by atoms with Gasteiger partial charge in [-0.3, -0.25) is 4.79 Å². The molecular formula is C21H23N3O3. The quantitative estimate of drug-likeness (QED) is 0.908. The zero-order valence-corrected chi connectivity index (χ0v) is 15.6. The number of benzene rings is 2. The first kappa shape index (κ1) is 17.5. The molecule has 1 saturated heterocycles. The van der Waals surface area contributed by atoms with E-state index in [0.717, 1.165) is 17.1 Å². The Kier molecular flexibility index (Phi) is 4.58. The number of piperidine rings is 1. The Morgan fingerprint density at radius 3 is 2.41 bits per heavy atom. The Morgan fingerprint density at radius 2 is 1.78 bits per heavy atom. The van der Waals surface area contributed by atoms with Gasteiger partial charge >= 0.3 is 0 Å². The molecule has 6 heteroatoms. The molecule has 0 aliphatic carbocycles. The Morgan fingerprint density at radius 1 is 1.11 bits per heavy atom. The van der Waals surface area contributed by atoms with Gasteiger partial charge in [-0.2, -0.15) is 0 Å². The number of nitrogens with zero attached hydrogens (tertiary/aromatic N) is 2. The third-order valence-electron chi connectivity index (χ3n) is 5.15. The SMILES string of the molecule is COc1ccc(C(=O)N2CCC3(CC2)N=C(c2ccc(C)cc2)NO3)cc1. The number of rotatable bonds is 3. The normalized spacial score (nSPS) is 18.1. The molecule has 1 amide bonds. The van der Waals surface area contributed by atoms with Gasteiger partial charge in [0, 0.05) is 37.1 Å². The van der Waals surface area contributed by atoms with Crippen LogP contribution in [-0.4, -0.2) is 42.6 Å². The van der Waals surface area contributed by atoms with E-state index in [9.17, 15) is 4.79 Å². The Labute approximate surface area is 158 Å². The summed E-state index contributed by atoms with van der Waals surface area (Å²) in [5.74, 6) is 1.53. The molecule has 1 N–H and O–H groups in total. The minimum Gasteiger partial charge on any atom is -0.497 e. The van der Waals surface area contributed by atoms with Gasteiger partial charge in [0.15, 0.2) is 11.6 Å². The lowest BCUT2D eigenvalue weighted by Gasteiger charge is -2.35. The molecule has 1 spiro atoms. The van der Waals surface area contributed by atoms with E-state index in [0.29, 0.717) is 31.5 Å². The molecule has 2 aromatic rings. The number of amides is 1. The van der Waals surface area contributed by atoms with E-state index in [4.69, 9.17) is 14.6 Å². The highest BCUT2D eigenvalue weighted by atomic mass is 16.7. The van der Waals surface area contributed by atoms with Crippen LogP contribution in [0.1, 0.15) is 34.3 Å². The van der Waals surface area contributed by atoms with Gasteiger partial charge < -0.3 is 9.64 Å². The molecule has 0 unspecified atom stereocenters. The number of carbonyl (C=O) groups is 1. The number of nitrogens with one attached hydrogen (secondary N) is 1. The van der Waals surface area contributed by atoms with Gasteiger partial charge in [0.25, 0.3) is 5.91 Å². The first-order chi connectivity index (χ1) is 13.1. The number of amidine groups is 1. The zero-order valence-electron chi connectivity index (χ0n) is 15.6. The molecule has 2 aliphatic rings. The van der Waals surface area contributed by atoms with Crippen LogP contribution in [0.25, 0.3) is 0 Å². The van der Waals surface area contributed by atoms with Gasteiger partial charge in [0.2, 0.25) is 0 Å². The number of aliphatic imine (C=N–C) groups is 1. The van der Waals surface area contributed by atoms with Crippen LogP contribution in [0.5, 0.6) is 5.75 Å². The van der Waals surface area contributed by atoms with E-state index in [1.54, 1.807) is 31.4 Å². The van der Waals surface area contributed by atoms with Gasteiger partial charge in [-0.15, -0.1) is 0 Å². The van der Waals surface area contributed by atoms with Crippen LogP contribution in [0.4, 0.5) is 0 Å². The number of carbonyl (C=O) groups excluding carboxylic acids is 1. The van der Waals surface area contributed by atoms with Crippen molar-refractivity contribution in [3.8, 4) is 5.75 Å². The Balaban J connectivity index is 1.42. The van der Waals surface area contributed by atoms with Crippen LogP contribution >= 0.6 is 0 Å². The number of aryl methyl sites for hydroxylation is 1. The summed E-state index contributed by atoms with van der Waals surface area (Å²) in [6, 6.07) is 15.4. The van der Waals surface area contributed by atoms with E-state index in [1.807, 2.05) is 17.0 Å². The highest BCUT2D eigenvalue weighted by Crippen LogP contribution is 2.31. The second-order valence-electron chi connectivity index (χ2n) is 7.00. The Bertz CT molecular complexity index is 851. The fourth-order valence-corrected chi connectivity index (χ4v) is 3.42. The molecule has 0 saturated carbocycles. The van der Waals surface area contributed by atoms with Gasteiger partial charge in [-0.25, -0.2) is 15.3 Å². The van der Waals surface area contributed by atoms with Crippen LogP contribution in [0.15, 0.2) is 53.5 Å². The molecule has 0 atom stereocenters. The number of hydroxylamine groups is 1. The molecule has 2 aliphatic heterocycles. The van der Waals surface area contributed by atoms with Gasteiger partial charge in [0.05, 0.1) is 7.11 Å². The van der Waals surface area contributed by atoms with Crippen LogP contribution < -0.4 is 10.2 Å². The molecule has 0 bridgehead atoms. The lowest BCUT2D eigenvalue weighted by molar-refractivity contribution is -0.0849. The summed E-state index contributed by atoms with van der Waals surface area (Å²) >= 11 is 0. The predicted octanol–water partition coefficient (Wildman–Crippen LogP) is 2.92. The Hall–Kier alpha value is -2.86. The molecule has 27 heavy (non-hydrogen) atoms. The molecule has 0 radical (unpaired) electrons. The minimum atomic E-state index is -0.586. The number of hydrogen-bond donors (Lipinski definition) is 1. The maximum atomic E-state index is 12.7. The summed E-state index contributed by atoms with van der Waals surface area (Å²) in [7, 11) is 1.61. The van der Waals surface area contributed by atoms with Crippen molar-refractivity contribution in [1.82, 2.24) is 10.4 Å². The van der Waals surface area contributed by atoms with Crippen molar-refractivity contribution < 1.29 is 14.4 Å². The smallest absolute Gasteiger partial charge is 0.253 e. The number of methoxy groups -OCH3 is 1. The van der Waals surface area contributed by atoms with Crippen molar-refractivity contribution in [2.24, 2.45) is 4.99 Å². The van der Waals surface area contributed by atoms with Crippen LogP contribution in [0.3, 0.4) is 0 Å². The summed E-state index contributed by atoms with van der Waals surface area (Å²) in [4.78, 5) is 25.2. The monoisotopic (exact) mass is 365 g/mol. The van der Waals surface area contributed by atoms with Crippen molar-refractivity contribution >= 4 is 11.7 Å². The van der Waals surface area contributed by atoms with Crippen molar-refractivity contribution in [2.45, 2.75) is 25.5 Å². The molecule has 2 aromatic carbocycles. The average molecular weight is 365 g/mol. The third kappa shape index (κ3) is 3.53. The summed E-state index contributed by atoms with van der Waals surface area (Å²) in [6.45, 7) is 3.27. The van der Waals surface area contributed by atoms with Crippen molar-refractivity contribution in [3.05, 3.63) is 65.2 Å². The van der Waals surface area contributed by atoms with Gasteiger partial charge in [-0.05, 0) is 31.2 Å². The summed E-state index contributed by atoms with van der Waals surface area (Å²) in [6.07, 6.45) is 1.33. The van der Waals surface area contributed by atoms with Crippen LogP contribution in [0, 0.1) is 6.92 Å². The molecule has 6 nitrogen and oxygen atoms in total. The maximum absolute atomic E-state index is 12.7. The number of hydrogen-bond acceptors (Lipinski definition) is 5. The summed E-state index contributed by atoms with van der Waals surface area (Å²) < 4.78 is 5.15. The molecular weight excluding hydrogens is 342 g/mol. The lowest BCUT2D eigenvalue weighted by atomic mass is 10.00. The third-order valence-corrected chi connectivity index (χ3v) is 5.15. The highest BCUT2D eigenvalue weighted by molar-refractivity contribution is 5.99. The zero-order chi connectivity index (χ0) is 18.9. The van der Waals surface area contributed by atoms with E-state index in [-0.39, 0.29) is 5.91 Å². The van der Waals surface area contributed by atoms with E-state index in [1.165, 1.54) is 5.56 Å².